The van der Waals surface area contributed by atoms with Gasteiger partial charge in [-0.1, -0.05) is 29.3 Å². The Morgan fingerprint density at radius 2 is 1.88 bits per heavy atom. The van der Waals surface area contributed by atoms with Gasteiger partial charge in [0.1, 0.15) is 40.4 Å². The van der Waals surface area contributed by atoms with Crippen LogP contribution in [0.3, 0.4) is 0 Å². The van der Waals surface area contributed by atoms with Crippen LogP contribution < -0.4 is 15.1 Å². The molecule has 0 fully saturated rings. The largest absolute Gasteiger partial charge is 0.485 e. The van der Waals surface area contributed by atoms with Crippen LogP contribution in [-0.2, 0) is 25.7 Å². The van der Waals surface area contributed by atoms with Gasteiger partial charge in [0, 0.05) is 42.6 Å². The van der Waals surface area contributed by atoms with E-state index in [4.69, 9.17) is 30.7 Å². The van der Waals surface area contributed by atoms with Crippen LogP contribution in [0.1, 0.15) is 36.1 Å². The minimum Gasteiger partial charge on any atom is -0.485 e. The first-order valence-corrected chi connectivity index (χ1v) is 12.9. The predicted octanol–water partition coefficient (Wildman–Crippen LogP) is 5.41. The molecular formula is C29H23Cl2F2N5O4. The molecule has 2 aliphatic rings. The van der Waals surface area contributed by atoms with E-state index in [1.54, 1.807) is 38.1 Å². The molecule has 2 aliphatic heterocycles. The Morgan fingerprint density at radius 1 is 1.17 bits per heavy atom. The fraction of sp³-hybridized carbons (Fsp3) is 0.207. The molecule has 2 aromatic rings. The summed E-state index contributed by atoms with van der Waals surface area (Å²) in [7, 11) is 0. The summed E-state index contributed by atoms with van der Waals surface area (Å²) in [6.45, 7) is 3.40. The lowest BCUT2D eigenvalue weighted by Gasteiger charge is -2.35. The van der Waals surface area contributed by atoms with Crippen LogP contribution in [0.4, 0.5) is 20.3 Å². The van der Waals surface area contributed by atoms with E-state index in [-0.39, 0.29) is 45.3 Å². The second-order valence-electron chi connectivity index (χ2n) is 9.48. The third kappa shape index (κ3) is 6.05. The Bertz CT molecular complexity index is 1800. The average Bonchev–Trinajstić information content (AvgIpc) is 2.93. The first-order chi connectivity index (χ1) is 20.6. The number of carbonyl (C=O) groups is 1. The van der Waals surface area contributed by atoms with E-state index in [2.05, 4.69) is 15.3 Å². The standard InChI is InChI=1S/C29H23Cl2F2N5O4/c1-16-8-26(42-15-22-21(33)9-18(32)11-34-22)28(31)25(14-40)38(16)23-10-27(35-12-20(23)30)37-7-5-6-19(24(37)13-39)29(3,4)36-17(2)41/h5-12H,15H2,1-4H3,(H,36,41)/i15D2. The molecule has 4 heterocycles. The number of hydrogen-bond acceptors (Lipinski definition) is 8. The molecule has 1 N–H and O–H groups in total. The molecule has 42 heavy (non-hydrogen) atoms. The second-order valence-corrected chi connectivity index (χ2v) is 10.3. The highest BCUT2D eigenvalue weighted by molar-refractivity contribution is 6.35. The molecule has 4 rings (SSSR count). The summed E-state index contributed by atoms with van der Waals surface area (Å²) >= 11 is 13.0. The number of halogens is 4. The Labute approximate surface area is 252 Å². The predicted molar refractivity (Wildman–Crippen MR) is 153 cm³/mol. The van der Waals surface area contributed by atoms with Crippen LogP contribution in [0.5, 0.6) is 0 Å². The number of allylic oxidation sites excluding steroid dienone is 5. The van der Waals surface area contributed by atoms with Gasteiger partial charge in [0.15, 0.2) is 23.4 Å². The van der Waals surface area contributed by atoms with Gasteiger partial charge >= 0.3 is 0 Å². The number of nitrogens with zero attached hydrogens (tertiary/aromatic N) is 4. The van der Waals surface area contributed by atoms with Crippen molar-refractivity contribution in [2.75, 3.05) is 9.80 Å². The molecule has 0 saturated heterocycles. The fourth-order valence-electron chi connectivity index (χ4n) is 4.31. The Balaban J connectivity index is 1.72. The maximum atomic E-state index is 14.3. The highest BCUT2D eigenvalue weighted by atomic mass is 35.5. The van der Waals surface area contributed by atoms with Crippen molar-refractivity contribution in [3.8, 4) is 0 Å². The SMILES string of the molecule is [2H]C([2H])(OC1=C(Cl)C(=C=O)N(c2cc(N3C=CC=C(C(C)(C)NC(C)=O)C3=C=O)ncc2Cl)C(C)=C1)c1ncc(F)cc1F. The zero-order chi connectivity index (χ0) is 32.6. The van der Waals surface area contributed by atoms with Crippen LogP contribution in [0.2, 0.25) is 5.02 Å². The highest BCUT2D eigenvalue weighted by Gasteiger charge is 2.33. The van der Waals surface area contributed by atoms with Gasteiger partial charge in [0.25, 0.3) is 0 Å². The molecule has 0 radical (unpaired) electrons. The summed E-state index contributed by atoms with van der Waals surface area (Å²) in [5, 5.41) is 2.44. The van der Waals surface area contributed by atoms with E-state index in [1.807, 2.05) is 5.94 Å². The van der Waals surface area contributed by atoms with Crippen molar-refractivity contribution in [3.63, 3.8) is 0 Å². The third-order valence-corrected chi connectivity index (χ3v) is 6.72. The highest BCUT2D eigenvalue weighted by Crippen LogP contribution is 2.41. The number of rotatable bonds is 7. The zero-order valence-electron chi connectivity index (χ0n) is 24.6. The number of hydrogen-bond donors (Lipinski definition) is 1. The summed E-state index contributed by atoms with van der Waals surface area (Å²) in [6.07, 6.45) is 8.03. The number of ether oxygens (including phenoxy) is 1. The minimum absolute atomic E-state index is 0.0570. The maximum Gasteiger partial charge on any atom is 0.217 e. The molecule has 2 aromatic heterocycles. The average molecular weight is 616 g/mol. The summed E-state index contributed by atoms with van der Waals surface area (Å²) in [5.41, 5.74) is -1.21. The summed E-state index contributed by atoms with van der Waals surface area (Å²) in [5.74, 6) is 0.802. The van der Waals surface area contributed by atoms with E-state index in [9.17, 15) is 23.2 Å². The van der Waals surface area contributed by atoms with Gasteiger partial charge in [-0.15, -0.1) is 0 Å². The van der Waals surface area contributed by atoms with Gasteiger partial charge < -0.3 is 15.0 Å². The number of carbonyl (C=O) groups excluding carboxylic acids is 3. The minimum atomic E-state index is -2.92. The van der Waals surface area contributed by atoms with Crippen molar-refractivity contribution < 1.29 is 30.6 Å². The molecule has 0 saturated carbocycles. The van der Waals surface area contributed by atoms with E-state index in [1.165, 1.54) is 42.0 Å². The van der Waals surface area contributed by atoms with Gasteiger partial charge in [0.05, 0.1) is 31.4 Å². The lowest BCUT2D eigenvalue weighted by molar-refractivity contribution is -0.120. The van der Waals surface area contributed by atoms with E-state index in [0.717, 1.165) is 0 Å². The normalized spacial score (nSPS) is 16.3. The fourth-order valence-corrected chi connectivity index (χ4v) is 4.72. The quantitative estimate of drug-likeness (QED) is 0.413. The number of amides is 1. The van der Waals surface area contributed by atoms with Gasteiger partial charge in [-0.3, -0.25) is 14.7 Å². The molecule has 216 valence electrons. The van der Waals surface area contributed by atoms with Gasteiger partial charge in [-0.05, 0) is 26.8 Å². The van der Waals surface area contributed by atoms with E-state index < -0.39 is 34.5 Å². The topological polar surface area (TPSA) is 105 Å². The molecule has 0 unspecified atom stereocenters. The Morgan fingerprint density at radius 3 is 2.52 bits per heavy atom. The lowest BCUT2D eigenvalue weighted by atomic mass is 9.89. The molecule has 0 aliphatic carbocycles. The summed E-state index contributed by atoms with van der Waals surface area (Å²) < 4.78 is 49.3. The Hall–Kier alpha value is -4.53. The van der Waals surface area contributed by atoms with Crippen LogP contribution in [0, 0.1) is 11.6 Å². The van der Waals surface area contributed by atoms with Gasteiger partial charge in [-0.25, -0.2) is 23.4 Å². The van der Waals surface area contributed by atoms with Crippen molar-refractivity contribution in [1.82, 2.24) is 15.3 Å². The van der Waals surface area contributed by atoms with Gasteiger partial charge in [-0.2, -0.15) is 0 Å². The molecular weight excluding hydrogens is 591 g/mol. The van der Waals surface area contributed by atoms with Crippen LogP contribution in [0.15, 0.2) is 82.4 Å². The molecule has 0 aromatic carbocycles. The monoisotopic (exact) mass is 615 g/mol. The molecule has 0 atom stereocenters. The number of aromatic nitrogens is 2. The van der Waals surface area contributed by atoms with Crippen molar-refractivity contribution in [1.29, 1.82) is 0 Å². The maximum absolute atomic E-state index is 14.3. The third-order valence-electron chi connectivity index (χ3n) is 6.06. The molecule has 13 heteroatoms. The van der Waals surface area contributed by atoms with Crippen LogP contribution in [0.25, 0.3) is 0 Å². The molecule has 0 bridgehead atoms. The molecule has 0 spiro atoms. The van der Waals surface area contributed by atoms with E-state index >= 15 is 0 Å². The summed E-state index contributed by atoms with van der Waals surface area (Å²) in [6, 6.07) is 1.91. The Kier molecular flexibility index (Phi) is 7.99. The smallest absolute Gasteiger partial charge is 0.217 e. The van der Waals surface area contributed by atoms with Gasteiger partial charge in [0.2, 0.25) is 5.91 Å². The van der Waals surface area contributed by atoms with Crippen LogP contribution >= 0.6 is 23.2 Å². The van der Waals surface area contributed by atoms with Crippen molar-refractivity contribution in [2.45, 2.75) is 39.8 Å². The molecule has 1 amide bonds. The summed E-state index contributed by atoms with van der Waals surface area (Å²) in [4.78, 5) is 46.7. The second kappa shape index (κ2) is 12.1. The van der Waals surface area contributed by atoms with Crippen LogP contribution in [-0.4, -0.2) is 33.3 Å². The number of nitrogens with one attached hydrogen (secondary N) is 1. The number of anilines is 2. The zero-order valence-corrected chi connectivity index (χ0v) is 24.1. The lowest BCUT2D eigenvalue weighted by Crippen LogP contribution is -2.46. The van der Waals surface area contributed by atoms with Crippen molar-refractivity contribution >= 4 is 52.5 Å². The number of pyridine rings is 2. The molecule has 9 nitrogen and oxygen atoms in total. The van der Waals surface area contributed by atoms with Crippen molar-refractivity contribution in [3.05, 3.63) is 105 Å². The van der Waals surface area contributed by atoms with E-state index in [0.29, 0.717) is 17.8 Å². The first kappa shape index (κ1) is 27.6. The first-order valence-electron chi connectivity index (χ1n) is 13.1. The van der Waals surface area contributed by atoms with Crippen molar-refractivity contribution in [2.24, 2.45) is 0 Å².